The topological polar surface area (TPSA) is 98.9 Å². The summed E-state index contributed by atoms with van der Waals surface area (Å²) < 4.78 is 2.11. The summed E-state index contributed by atoms with van der Waals surface area (Å²) in [5, 5.41) is 3.35. The zero-order chi connectivity index (χ0) is 22.0. The van der Waals surface area contributed by atoms with Crippen LogP contribution in [0.5, 0.6) is 0 Å². The first-order chi connectivity index (χ1) is 15.0. The number of nitrogens with one attached hydrogen (secondary N) is 1. The van der Waals surface area contributed by atoms with E-state index in [4.69, 9.17) is 11.6 Å². The van der Waals surface area contributed by atoms with E-state index in [-0.39, 0.29) is 17.6 Å². The standard InChI is InChI=1S/C22H18ClN5O3/c1-27-20-16(12-25-19(26-20)14-7-3-2-4-8-14)21(30)28(22(27)31)13-18(29)24-11-15-9-5-6-10-17(15)23/h2-10,12H,11,13H2,1H3,(H,24,29). The van der Waals surface area contributed by atoms with Gasteiger partial charge >= 0.3 is 5.69 Å². The first-order valence-electron chi connectivity index (χ1n) is 9.48. The van der Waals surface area contributed by atoms with Gasteiger partial charge < -0.3 is 5.32 Å². The number of carbonyl (C=O) groups excluding carboxylic acids is 1. The van der Waals surface area contributed by atoms with E-state index >= 15 is 0 Å². The second kappa shape index (κ2) is 8.53. The van der Waals surface area contributed by atoms with Gasteiger partial charge in [0, 0.05) is 30.4 Å². The van der Waals surface area contributed by atoms with E-state index in [9.17, 15) is 14.4 Å². The molecule has 0 saturated carbocycles. The van der Waals surface area contributed by atoms with Crippen LogP contribution in [0.1, 0.15) is 5.56 Å². The van der Waals surface area contributed by atoms with Crippen LogP contribution in [0.25, 0.3) is 22.4 Å². The Morgan fingerprint density at radius 3 is 2.52 bits per heavy atom. The van der Waals surface area contributed by atoms with Gasteiger partial charge in [-0.2, -0.15) is 0 Å². The lowest BCUT2D eigenvalue weighted by molar-refractivity contribution is -0.121. The molecule has 0 unspecified atom stereocenters. The van der Waals surface area contributed by atoms with Crippen molar-refractivity contribution in [2.45, 2.75) is 13.1 Å². The molecule has 0 aliphatic carbocycles. The van der Waals surface area contributed by atoms with Gasteiger partial charge in [-0.25, -0.2) is 14.8 Å². The average molecular weight is 436 g/mol. The van der Waals surface area contributed by atoms with Crippen molar-refractivity contribution in [2.24, 2.45) is 7.05 Å². The van der Waals surface area contributed by atoms with Gasteiger partial charge in [0.25, 0.3) is 5.56 Å². The van der Waals surface area contributed by atoms with Crippen molar-refractivity contribution >= 4 is 28.5 Å². The van der Waals surface area contributed by atoms with E-state index in [1.807, 2.05) is 30.3 Å². The second-order valence-electron chi connectivity index (χ2n) is 6.90. The third kappa shape index (κ3) is 4.10. The second-order valence-corrected chi connectivity index (χ2v) is 7.31. The maximum atomic E-state index is 12.9. The summed E-state index contributed by atoms with van der Waals surface area (Å²) in [6.45, 7) is -0.239. The minimum atomic E-state index is -0.636. The largest absolute Gasteiger partial charge is 0.350 e. The molecule has 0 bridgehead atoms. The summed E-state index contributed by atoms with van der Waals surface area (Å²) in [7, 11) is 1.50. The Labute approximate surface area is 181 Å². The molecule has 156 valence electrons. The predicted octanol–water partition coefficient (Wildman–Crippen LogP) is 2.13. The summed E-state index contributed by atoms with van der Waals surface area (Å²) >= 11 is 6.09. The van der Waals surface area contributed by atoms with Crippen molar-refractivity contribution in [3.8, 4) is 11.4 Å². The van der Waals surface area contributed by atoms with Crippen molar-refractivity contribution in [1.82, 2.24) is 24.4 Å². The third-order valence-electron chi connectivity index (χ3n) is 4.85. The number of fused-ring (bicyclic) bond motifs is 1. The zero-order valence-electron chi connectivity index (χ0n) is 16.6. The summed E-state index contributed by atoms with van der Waals surface area (Å²) in [6.07, 6.45) is 1.38. The number of aryl methyl sites for hydroxylation is 1. The first kappa shape index (κ1) is 20.5. The molecule has 1 amide bonds. The molecule has 0 aliphatic rings. The highest BCUT2D eigenvalue weighted by atomic mass is 35.5. The number of aromatic nitrogens is 4. The van der Waals surface area contributed by atoms with Crippen molar-refractivity contribution in [2.75, 3.05) is 0 Å². The first-order valence-corrected chi connectivity index (χ1v) is 9.85. The normalized spacial score (nSPS) is 10.9. The minimum absolute atomic E-state index is 0.153. The van der Waals surface area contributed by atoms with Crippen LogP contribution in [0, 0.1) is 0 Å². The molecule has 2 aromatic heterocycles. The van der Waals surface area contributed by atoms with Crippen molar-refractivity contribution in [1.29, 1.82) is 0 Å². The van der Waals surface area contributed by atoms with Gasteiger partial charge in [-0.3, -0.25) is 18.7 Å². The lowest BCUT2D eigenvalue weighted by Crippen LogP contribution is -2.43. The fourth-order valence-electron chi connectivity index (χ4n) is 3.18. The molecular weight excluding hydrogens is 418 g/mol. The Hall–Kier alpha value is -3.78. The van der Waals surface area contributed by atoms with Gasteiger partial charge in [0.05, 0.1) is 0 Å². The predicted molar refractivity (Wildman–Crippen MR) is 118 cm³/mol. The number of halogens is 1. The highest BCUT2D eigenvalue weighted by Crippen LogP contribution is 2.16. The fourth-order valence-corrected chi connectivity index (χ4v) is 3.39. The number of benzene rings is 2. The molecule has 0 aliphatic heterocycles. The monoisotopic (exact) mass is 435 g/mol. The highest BCUT2D eigenvalue weighted by Gasteiger charge is 2.16. The summed E-state index contributed by atoms with van der Waals surface area (Å²) in [6, 6.07) is 16.3. The Bertz CT molecular complexity index is 1400. The zero-order valence-corrected chi connectivity index (χ0v) is 17.3. The Balaban J connectivity index is 1.64. The van der Waals surface area contributed by atoms with Gasteiger partial charge in [-0.05, 0) is 11.6 Å². The molecule has 8 nitrogen and oxygen atoms in total. The van der Waals surface area contributed by atoms with Gasteiger partial charge in [0.2, 0.25) is 5.91 Å². The molecule has 4 aromatic rings. The molecular formula is C22H18ClN5O3. The summed E-state index contributed by atoms with van der Waals surface area (Å²) in [5.74, 6) is -0.0852. The average Bonchev–Trinajstić information content (AvgIpc) is 2.80. The summed E-state index contributed by atoms with van der Waals surface area (Å²) in [4.78, 5) is 46.7. The lowest BCUT2D eigenvalue weighted by Gasteiger charge is -2.11. The Morgan fingerprint density at radius 1 is 1.06 bits per heavy atom. The van der Waals surface area contributed by atoms with E-state index in [0.29, 0.717) is 10.8 Å². The van der Waals surface area contributed by atoms with E-state index < -0.39 is 23.7 Å². The molecule has 4 rings (SSSR count). The Kier molecular flexibility index (Phi) is 5.64. The maximum Gasteiger partial charge on any atom is 0.332 e. The van der Waals surface area contributed by atoms with Crippen LogP contribution in [0.3, 0.4) is 0 Å². The molecule has 9 heteroatoms. The van der Waals surface area contributed by atoms with E-state index in [2.05, 4.69) is 15.3 Å². The van der Waals surface area contributed by atoms with Gasteiger partial charge in [0.1, 0.15) is 11.9 Å². The van der Waals surface area contributed by atoms with Crippen LogP contribution in [0.4, 0.5) is 0 Å². The molecule has 1 N–H and O–H groups in total. The van der Waals surface area contributed by atoms with Crippen molar-refractivity contribution in [3.63, 3.8) is 0 Å². The van der Waals surface area contributed by atoms with Gasteiger partial charge in [-0.1, -0.05) is 60.1 Å². The van der Waals surface area contributed by atoms with Crippen LogP contribution in [-0.4, -0.2) is 25.0 Å². The number of carbonyl (C=O) groups is 1. The number of rotatable bonds is 5. The van der Waals surface area contributed by atoms with Crippen LogP contribution in [-0.2, 0) is 24.9 Å². The van der Waals surface area contributed by atoms with Crippen molar-refractivity contribution < 1.29 is 4.79 Å². The quantitative estimate of drug-likeness (QED) is 0.517. The molecule has 2 heterocycles. The van der Waals surface area contributed by atoms with E-state index in [1.165, 1.54) is 17.8 Å². The summed E-state index contributed by atoms with van der Waals surface area (Å²) in [5.41, 5.74) is 0.448. The number of hydrogen-bond acceptors (Lipinski definition) is 5. The van der Waals surface area contributed by atoms with E-state index in [0.717, 1.165) is 15.7 Å². The van der Waals surface area contributed by atoms with E-state index in [1.54, 1.807) is 24.3 Å². The van der Waals surface area contributed by atoms with Crippen LogP contribution < -0.4 is 16.6 Å². The molecule has 0 spiro atoms. The van der Waals surface area contributed by atoms with Crippen LogP contribution >= 0.6 is 11.6 Å². The minimum Gasteiger partial charge on any atom is -0.350 e. The molecule has 0 fully saturated rings. The molecule has 0 saturated heterocycles. The number of nitrogens with zero attached hydrogens (tertiary/aromatic N) is 4. The molecule has 0 radical (unpaired) electrons. The fraction of sp³-hybridized carbons (Fsp3) is 0.136. The lowest BCUT2D eigenvalue weighted by atomic mass is 10.2. The number of amides is 1. The molecule has 2 aromatic carbocycles. The van der Waals surface area contributed by atoms with Crippen molar-refractivity contribution in [3.05, 3.63) is 92.2 Å². The third-order valence-corrected chi connectivity index (χ3v) is 5.22. The van der Waals surface area contributed by atoms with Crippen LogP contribution in [0.15, 0.2) is 70.4 Å². The Morgan fingerprint density at radius 2 is 1.77 bits per heavy atom. The molecule has 31 heavy (non-hydrogen) atoms. The smallest absolute Gasteiger partial charge is 0.332 e. The molecule has 0 atom stereocenters. The van der Waals surface area contributed by atoms with Gasteiger partial charge in [0.15, 0.2) is 11.5 Å². The SMILES string of the molecule is Cn1c(=O)n(CC(=O)NCc2ccccc2Cl)c(=O)c2cnc(-c3ccccc3)nc21. The highest BCUT2D eigenvalue weighted by molar-refractivity contribution is 6.31. The van der Waals surface area contributed by atoms with Gasteiger partial charge in [-0.15, -0.1) is 0 Å². The maximum absolute atomic E-state index is 12.9. The van der Waals surface area contributed by atoms with Crippen LogP contribution in [0.2, 0.25) is 5.02 Å². The number of hydrogen-bond donors (Lipinski definition) is 1.